The van der Waals surface area contributed by atoms with Crippen molar-refractivity contribution in [2.45, 2.75) is 19.9 Å². The number of hydrogen-bond acceptors (Lipinski definition) is 4. The molecule has 0 aliphatic rings. The van der Waals surface area contributed by atoms with E-state index in [2.05, 4.69) is 10.3 Å². The summed E-state index contributed by atoms with van der Waals surface area (Å²) < 4.78 is 5.48. The Balaban J connectivity index is 2.27. The van der Waals surface area contributed by atoms with Crippen molar-refractivity contribution < 1.29 is 4.42 Å². The number of hydrogen-bond donors (Lipinski definition) is 2. The largest absolute Gasteiger partial charge is 0.444 e. The summed E-state index contributed by atoms with van der Waals surface area (Å²) in [5, 5.41) is 3.86. The van der Waals surface area contributed by atoms with Gasteiger partial charge in [0.1, 0.15) is 16.8 Å². The lowest BCUT2D eigenvalue weighted by atomic mass is 10.1. The van der Waals surface area contributed by atoms with Gasteiger partial charge in [0.2, 0.25) is 5.89 Å². The maximum atomic E-state index is 5.99. The molecule has 1 atom stereocenters. The van der Waals surface area contributed by atoms with Gasteiger partial charge in [0.05, 0.1) is 6.20 Å². The number of nitrogens with two attached hydrogens (primary N) is 1. The molecule has 0 radical (unpaired) electrons. The Labute approximate surface area is 122 Å². The third-order valence-electron chi connectivity index (χ3n) is 2.63. The van der Waals surface area contributed by atoms with E-state index in [1.807, 2.05) is 13.8 Å². The summed E-state index contributed by atoms with van der Waals surface area (Å²) in [6.07, 6.45) is 1.68. The highest BCUT2D eigenvalue weighted by Gasteiger charge is 2.14. The molecule has 1 heterocycles. The number of benzene rings is 1. The van der Waals surface area contributed by atoms with Gasteiger partial charge in [-0.05, 0) is 32.0 Å². The Kier molecular flexibility index (Phi) is 4.07. The molecular formula is C13H14ClN3OS. The maximum Gasteiger partial charge on any atom is 0.216 e. The molecule has 0 amide bonds. The maximum absolute atomic E-state index is 5.99. The second-order valence-corrected chi connectivity index (χ2v) is 5.11. The minimum atomic E-state index is -0.111. The Morgan fingerprint density at radius 1 is 1.53 bits per heavy atom. The van der Waals surface area contributed by atoms with E-state index in [0.29, 0.717) is 15.9 Å². The molecule has 0 saturated heterocycles. The van der Waals surface area contributed by atoms with Crippen LogP contribution >= 0.6 is 23.8 Å². The number of halogens is 1. The van der Waals surface area contributed by atoms with Gasteiger partial charge < -0.3 is 15.5 Å². The molecular weight excluding hydrogens is 282 g/mol. The van der Waals surface area contributed by atoms with Gasteiger partial charge in [-0.2, -0.15) is 0 Å². The molecule has 1 unspecified atom stereocenters. The van der Waals surface area contributed by atoms with Crippen molar-refractivity contribution >= 4 is 34.5 Å². The first-order chi connectivity index (χ1) is 8.97. The van der Waals surface area contributed by atoms with E-state index in [0.717, 1.165) is 17.0 Å². The van der Waals surface area contributed by atoms with Crippen LogP contribution in [0.25, 0.3) is 0 Å². The van der Waals surface area contributed by atoms with Gasteiger partial charge in [-0.1, -0.05) is 23.8 Å². The summed E-state index contributed by atoms with van der Waals surface area (Å²) in [6.45, 7) is 3.79. The molecule has 0 bridgehead atoms. The molecule has 0 saturated carbocycles. The first-order valence-corrected chi connectivity index (χ1v) is 6.54. The minimum absolute atomic E-state index is 0.111. The van der Waals surface area contributed by atoms with Crippen molar-refractivity contribution in [3.8, 4) is 0 Å². The first-order valence-electron chi connectivity index (χ1n) is 5.75. The topological polar surface area (TPSA) is 64.1 Å². The van der Waals surface area contributed by atoms with Gasteiger partial charge in [-0.3, -0.25) is 0 Å². The van der Waals surface area contributed by atoms with E-state index in [1.165, 1.54) is 0 Å². The predicted molar refractivity (Wildman–Crippen MR) is 80.6 cm³/mol. The molecule has 2 aromatic rings. The van der Waals surface area contributed by atoms with Crippen LogP contribution in [0.2, 0.25) is 5.02 Å². The van der Waals surface area contributed by atoms with Crippen molar-refractivity contribution in [2.75, 3.05) is 5.32 Å². The third-order valence-corrected chi connectivity index (χ3v) is 3.08. The van der Waals surface area contributed by atoms with Gasteiger partial charge in [0.25, 0.3) is 0 Å². The van der Waals surface area contributed by atoms with E-state index in [1.54, 1.807) is 24.4 Å². The van der Waals surface area contributed by atoms with Crippen LogP contribution in [0.3, 0.4) is 0 Å². The van der Waals surface area contributed by atoms with Gasteiger partial charge in [0, 0.05) is 16.3 Å². The second-order valence-electron chi connectivity index (χ2n) is 4.23. The number of rotatable bonds is 4. The average Bonchev–Trinajstić information content (AvgIpc) is 2.75. The van der Waals surface area contributed by atoms with Gasteiger partial charge in [-0.25, -0.2) is 4.98 Å². The van der Waals surface area contributed by atoms with Gasteiger partial charge in [0.15, 0.2) is 0 Å². The van der Waals surface area contributed by atoms with Crippen molar-refractivity contribution in [2.24, 2.45) is 5.73 Å². The molecule has 0 aliphatic carbocycles. The monoisotopic (exact) mass is 295 g/mol. The number of thiocarbonyl (C=S) groups is 1. The Bertz CT molecular complexity index is 612. The summed E-state index contributed by atoms with van der Waals surface area (Å²) in [6, 6.07) is 5.21. The summed E-state index contributed by atoms with van der Waals surface area (Å²) in [7, 11) is 0. The first kappa shape index (κ1) is 13.8. The molecule has 3 N–H and O–H groups in total. The lowest BCUT2D eigenvalue weighted by molar-refractivity contribution is 0.453. The van der Waals surface area contributed by atoms with E-state index < -0.39 is 0 Å². The van der Waals surface area contributed by atoms with Crippen LogP contribution in [0.5, 0.6) is 0 Å². The smallest absolute Gasteiger partial charge is 0.216 e. The zero-order chi connectivity index (χ0) is 14.0. The number of aromatic nitrogens is 1. The minimum Gasteiger partial charge on any atom is -0.444 e. The van der Waals surface area contributed by atoms with Crippen molar-refractivity contribution in [1.82, 2.24) is 4.98 Å². The molecule has 1 aromatic heterocycles. The molecule has 100 valence electrons. The Morgan fingerprint density at radius 2 is 2.26 bits per heavy atom. The standard InChI is InChI=1S/C13H14ClN3OS/c1-7-6-16-13(18-7)8(2)17-11-5-9(14)3-4-10(11)12(15)19/h3-6,8,17H,1-2H3,(H2,15,19). The van der Waals surface area contributed by atoms with Crippen LogP contribution in [0.1, 0.15) is 30.2 Å². The molecule has 2 rings (SSSR count). The van der Waals surface area contributed by atoms with Crippen LogP contribution < -0.4 is 11.1 Å². The lowest BCUT2D eigenvalue weighted by Crippen LogP contribution is -2.15. The predicted octanol–water partition coefficient (Wildman–Crippen LogP) is 3.44. The highest BCUT2D eigenvalue weighted by atomic mass is 35.5. The van der Waals surface area contributed by atoms with E-state index in [9.17, 15) is 0 Å². The second kappa shape index (κ2) is 5.59. The fourth-order valence-electron chi connectivity index (χ4n) is 1.72. The molecule has 1 aromatic carbocycles. The van der Waals surface area contributed by atoms with Crippen molar-refractivity contribution in [3.05, 3.63) is 46.6 Å². The summed E-state index contributed by atoms with van der Waals surface area (Å²) >= 11 is 11.0. The van der Waals surface area contributed by atoms with Crippen LogP contribution in [-0.2, 0) is 0 Å². The number of aryl methyl sites for hydroxylation is 1. The zero-order valence-corrected chi connectivity index (χ0v) is 12.2. The van der Waals surface area contributed by atoms with Crippen LogP contribution in [0.4, 0.5) is 5.69 Å². The third kappa shape index (κ3) is 3.24. The van der Waals surface area contributed by atoms with E-state index in [4.69, 9.17) is 34.0 Å². The highest BCUT2D eigenvalue weighted by Crippen LogP contribution is 2.25. The fourth-order valence-corrected chi connectivity index (χ4v) is 2.07. The van der Waals surface area contributed by atoms with Crippen molar-refractivity contribution in [1.29, 1.82) is 0 Å². The van der Waals surface area contributed by atoms with Crippen LogP contribution in [-0.4, -0.2) is 9.97 Å². The average molecular weight is 296 g/mol. The van der Waals surface area contributed by atoms with Crippen LogP contribution in [0.15, 0.2) is 28.8 Å². The molecule has 6 heteroatoms. The molecule has 0 aliphatic heterocycles. The summed E-state index contributed by atoms with van der Waals surface area (Å²) in [5.41, 5.74) is 7.20. The Morgan fingerprint density at radius 3 is 2.84 bits per heavy atom. The van der Waals surface area contributed by atoms with Gasteiger partial charge in [-0.15, -0.1) is 0 Å². The van der Waals surface area contributed by atoms with E-state index >= 15 is 0 Å². The summed E-state index contributed by atoms with van der Waals surface area (Å²) in [5.74, 6) is 1.37. The number of anilines is 1. The molecule has 0 spiro atoms. The molecule has 19 heavy (non-hydrogen) atoms. The number of nitrogens with zero attached hydrogens (tertiary/aromatic N) is 1. The number of nitrogens with one attached hydrogen (secondary N) is 1. The molecule has 0 fully saturated rings. The lowest BCUT2D eigenvalue weighted by Gasteiger charge is -2.15. The normalized spacial score (nSPS) is 12.2. The van der Waals surface area contributed by atoms with Crippen LogP contribution in [0, 0.1) is 6.92 Å². The summed E-state index contributed by atoms with van der Waals surface area (Å²) in [4.78, 5) is 4.50. The van der Waals surface area contributed by atoms with Gasteiger partial charge >= 0.3 is 0 Å². The highest BCUT2D eigenvalue weighted by molar-refractivity contribution is 7.80. The number of oxazole rings is 1. The quantitative estimate of drug-likeness (QED) is 0.846. The van der Waals surface area contributed by atoms with Crippen molar-refractivity contribution in [3.63, 3.8) is 0 Å². The fraction of sp³-hybridized carbons (Fsp3) is 0.231. The SMILES string of the molecule is Cc1cnc(C(C)Nc2cc(Cl)ccc2C(N)=S)o1. The zero-order valence-electron chi connectivity index (χ0n) is 10.6. The Hall–Kier alpha value is -1.59. The molecule has 4 nitrogen and oxygen atoms in total. The van der Waals surface area contributed by atoms with E-state index in [-0.39, 0.29) is 6.04 Å².